The van der Waals surface area contributed by atoms with Crippen LogP contribution < -0.4 is 0 Å². The van der Waals surface area contributed by atoms with E-state index < -0.39 is 5.54 Å². The molecule has 1 aromatic carbocycles. The first-order chi connectivity index (χ1) is 8.45. The molecule has 18 heavy (non-hydrogen) atoms. The largest absolute Gasteiger partial charge is 0.761 e. The molecule has 0 aliphatic carbocycles. The number of benzene rings is 1. The smallest absolute Gasteiger partial charge is 0.222 e. The number of likely N-dealkylation sites (tertiary alicyclic amines) is 1. The molecule has 0 spiro atoms. The second kappa shape index (κ2) is 4.85. The highest BCUT2D eigenvalue weighted by Crippen LogP contribution is 2.36. The monoisotopic (exact) mass is 269 g/mol. The summed E-state index contributed by atoms with van der Waals surface area (Å²) in [5.74, 6) is -0.0329. The predicted octanol–water partition coefficient (Wildman–Crippen LogP) is 1.98. The molecule has 1 aliphatic heterocycles. The Kier molecular flexibility index (Phi) is 3.59. The highest BCUT2D eigenvalue weighted by atomic mass is 35.5. The summed E-state index contributed by atoms with van der Waals surface area (Å²) in [6.07, 6.45) is 0.499. The molecule has 1 amide bonds. The van der Waals surface area contributed by atoms with E-state index in [9.17, 15) is 15.2 Å². The van der Waals surface area contributed by atoms with Gasteiger partial charge in [0.05, 0.1) is 5.54 Å². The lowest BCUT2D eigenvalue weighted by atomic mass is 9.82. The molecule has 0 aromatic heterocycles. The van der Waals surface area contributed by atoms with E-state index in [-0.39, 0.29) is 30.5 Å². The zero-order valence-electron chi connectivity index (χ0n) is 9.97. The molecular formula is C12H14ClN2O3-. The van der Waals surface area contributed by atoms with Crippen LogP contribution in [0.1, 0.15) is 18.4 Å². The van der Waals surface area contributed by atoms with Gasteiger partial charge < -0.3 is 15.3 Å². The first-order valence-electron chi connectivity index (χ1n) is 5.62. The van der Waals surface area contributed by atoms with Crippen LogP contribution in [-0.4, -0.2) is 34.8 Å². The van der Waals surface area contributed by atoms with Crippen LogP contribution in [0.3, 0.4) is 0 Å². The third kappa shape index (κ3) is 2.22. The van der Waals surface area contributed by atoms with E-state index in [0.29, 0.717) is 10.6 Å². The molecule has 1 atom stereocenters. The van der Waals surface area contributed by atoms with Crippen molar-refractivity contribution in [2.24, 2.45) is 0 Å². The van der Waals surface area contributed by atoms with Gasteiger partial charge in [-0.15, -0.1) is 0 Å². The lowest BCUT2D eigenvalue weighted by Gasteiger charge is -2.49. The van der Waals surface area contributed by atoms with Crippen LogP contribution in [0.15, 0.2) is 24.3 Å². The average Bonchev–Trinajstić information content (AvgIpc) is 2.32. The summed E-state index contributed by atoms with van der Waals surface area (Å²) in [4.78, 5) is 13.0. The molecule has 1 unspecified atom stereocenters. The van der Waals surface area contributed by atoms with Crippen molar-refractivity contribution in [1.82, 2.24) is 10.1 Å². The number of amides is 1. The molecule has 0 saturated carbocycles. The second-order valence-electron chi connectivity index (χ2n) is 4.56. The van der Waals surface area contributed by atoms with Gasteiger partial charge in [-0.25, -0.2) is 0 Å². The Bertz CT molecular complexity index is 466. The van der Waals surface area contributed by atoms with Crippen LogP contribution in [0.5, 0.6) is 0 Å². The molecule has 1 heterocycles. The standard InChI is InChI=1S/C12H14ClN2O3/c1-14-8-12(15(17)18,6-5-11(14)16)9-3-2-4-10(13)7-9/h2-4,7,17H,5-6,8H2,1H3/q-1. The predicted molar refractivity (Wildman–Crippen MR) is 67.0 cm³/mol. The van der Waals surface area contributed by atoms with Gasteiger partial charge in [0.1, 0.15) is 0 Å². The summed E-state index contributed by atoms with van der Waals surface area (Å²) in [6, 6.07) is 6.80. The second-order valence-corrected chi connectivity index (χ2v) is 5.00. The Labute approximate surface area is 110 Å². The Morgan fingerprint density at radius 3 is 2.83 bits per heavy atom. The van der Waals surface area contributed by atoms with Gasteiger partial charge in [0.2, 0.25) is 5.91 Å². The third-order valence-electron chi connectivity index (χ3n) is 3.41. The van der Waals surface area contributed by atoms with Gasteiger partial charge in [-0.3, -0.25) is 10.0 Å². The number of hydroxylamine groups is 2. The molecule has 0 bridgehead atoms. The van der Waals surface area contributed by atoms with Crippen LogP contribution in [-0.2, 0) is 10.3 Å². The van der Waals surface area contributed by atoms with Crippen LogP contribution in [0.4, 0.5) is 0 Å². The Hall–Kier alpha value is -1.14. The van der Waals surface area contributed by atoms with Gasteiger partial charge in [-0.05, 0) is 24.1 Å². The van der Waals surface area contributed by atoms with Crippen LogP contribution in [0.25, 0.3) is 0 Å². The third-order valence-corrected chi connectivity index (χ3v) is 3.64. The van der Waals surface area contributed by atoms with Crippen molar-refractivity contribution < 1.29 is 10.0 Å². The Morgan fingerprint density at radius 2 is 2.28 bits per heavy atom. The van der Waals surface area contributed by atoms with E-state index in [2.05, 4.69) is 0 Å². The van der Waals surface area contributed by atoms with Gasteiger partial charge in [0, 0.05) is 25.0 Å². The molecule has 1 aliphatic rings. The Morgan fingerprint density at radius 1 is 1.56 bits per heavy atom. The number of hydrogen-bond donors (Lipinski definition) is 1. The molecule has 98 valence electrons. The van der Waals surface area contributed by atoms with E-state index in [0.717, 1.165) is 0 Å². The molecule has 2 rings (SSSR count). The summed E-state index contributed by atoms with van der Waals surface area (Å²) < 4.78 is 0. The van der Waals surface area contributed by atoms with E-state index in [1.165, 1.54) is 4.90 Å². The summed E-state index contributed by atoms with van der Waals surface area (Å²) >= 11 is 5.91. The zero-order chi connectivity index (χ0) is 13.3. The lowest BCUT2D eigenvalue weighted by Crippen LogP contribution is -2.54. The number of halogens is 1. The molecule has 1 saturated heterocycles. The molecular weight excluding hydrogens is 256 g/mol. The van der Waals surface area contributed by atoms with E-state index in [4.69, 9.17) is 11.6 Å². The van der Waals surface area contributed by atoms with Gasteiger partial charge in [0.15, 0.2) is 0 Å². The summed E-state index contributed by atoms with van der Waals surface area (Å²) in [5.41, 5.74) is -0.514. The number of carbonyl (C=O) groups is 1. The molecule has 5 nitrogen and oxygen atoms in total. The van der Waals surface area contributed by atoms with Crippen LogP contribution >= 0.6 is 11.6 Å². The van der Waals surface area contributed by atoms with Gasteiger partial charge in [-0.1, -0.05) is 23.7 Å². The molecule has 0 radical (unpaired) electrons. The molecule has 6 heteroatoms. The van der Waals surface area contributed by atoms with Gasteiger partial charge in [0.25, 0.3) is 0 Å². The van der Waals surface area contributed by atoms with Crippen molar-refractivity contribution >= 4 is 17.5 Å². The zero-order valence-corrected chi connectivity index (χ0v) is 10.7. The minimum absolute atomic E-state index is 0.0329. The minimum Gasteiger partial charge on any atom is -0.761 e. The van der Waals surface area contributed by atoms with Crippen molar-refractivity contribution in [3.63, 3.8) is 0 Å². The fraction of sp³-hybridized carbons (Fsp3) is 0.417. The number of hydrogen-bond acceptors (Lipinski definition) is 4. The van der Waals surface area contributed by atoms with E-state index in [1.54, 1.807) is 31.3 Å². The number of nitrogens with zero attached hydrogens (tertiary/aromatic N) is 2. The summed E-state index contributed by atoms with van der Waals surface area (Å²) in [5, 5.41) is 21.5. The van der Waals surface area contributed by atoms with E-state index in [1.807, 2.05) is 0 Å². The van der Waals surface area contributed by atoms with Crippen molar-refractivity contribution in [1.29, 1.82) is 0 Å². The van der Waals surface area contributed by atoms with Crippen molar-refractivity contribution in [2.75, 3.05) is 13.6 Å². The summed E-state index contributed by atoms with van der Waals surface area (Å²) in [6.45, 7) is 0.145. The fourth-order valence-electron chi connectivity index (χ4n) is 2.34. The molecule has 1 fully saturated rings. The lowest BCUT2D eigenvalue weighted by molar-refractivity contribution is -0.167. The number of rotatable bonds is 2. The van der Waals surface area contributed by atoms with Crippen LogP contribution in [0, 0.1) is 5.21 Å². The molecule has 1 N–H and O–H groups in total. The van der Waals surface area contributed by atoms with Crippen molar-refractivity contribution in [3.8, 4) is 0 Å². The fourth-order valence-corrected chi connectivity index (χ4v) is 2.53. The Balaban J connectivity index is 2.42. The highest BCUT2D eigenvalue weighted by molar-refractivity contribution is 6.30. The maximum Gasteiger partial charge on any atom is 0.222 e. The van der Waals surface area contributed by atoms with Crippen molar-refractivity contribution in [3.05, 3.63) is 40.1 Å². The summed E-state index contributed by atoms with van der Waals surface area (Å²) in [7, 11) is 1.62. The van der Waals surface area contributed by atoms with Crippen molar-refractivity contribution in [2.45, 2.75) is 18.4 Å². The first-order valence-corrected chi connectivity index (χ1v) is 6.00. The van der Waals surface area contributed by atoms with Gasteiger partial charge >= 0.3 is 0 Å². The molecule has 1 aromatic rings. The number of piperidine rings is 1. The highest BCUT2D eigenvalue weighted by Gasteiger charge is 2.40. The SMILES string of the molecule is CN1CC(c2cccc(Cl)c2)(N([O-])O)CCC1=O. The van der Waals surface area contributed by atoms with Gasteiger partial charge in [-0.2, -0.15) is 0 Å². The maximum atomic E-state index is 11.6. The number of likely N-dealkylation sites (N-methyl/N-ethyl adjacent to an activating group) is 1. The topological polar surface area (TPSA) is 66.8 Å². The first kappa shape index (κ1) is 13.3. The average molecular weight is 270 g/mol. The quantitative estimate of drug-likeness (QED) is 0.834. The normalized spacial score (nSPS) is 24.7. The maximum absolute atomic E-state index is 11.6. The van der Waals surface area contributed by atoms with E-state index >= 15 is 0 Å². The van der Waals surface area contributed by atoms with Crippen LogP contribution in [0.2, 0.25) is 5.02 Å². The number of carbonyl (C=O) groups excluding carboxylic acids is 1. The minimum atomic E-state index is -1.13.